The molecular formula is C54H64F2N6O5. The monoisotopic (exact) mass is 914 g/mol. The van der Waals surface area contributed by atoms with E-state index in [-0.39, 0.29) is 29.6 Å². The molecule has 0 bridgehead atoms. The highest BCUT2D eigenvalue weighted by Crippen LogP contribution is 2.26. The maximum Gasteiger partial charge on any atom is 0.165 e. The Balaban J connectivity index is 0.000000183. The zero-order valence-corrected chi connectivity index (χ0v) is 38.6. The number of carbonyl (C=O) groups excluding carboxylic acids is 1. The first kappa shape index (κ1) is 50.2. The van der Waals surface area contributed by atoms with Gasteiger partial charge in [0, 0.05) is 31.4 Å². The second kappa shape index (κ2) is 27.4. The molecule has 67 heavy (non-hydrogen) atoms. The normalized spacial score (nSPS) is 15.4. The second-order valence-electron chi connectivity index (χ2n) is 16.5. The number of rotatable bonds is 18. The molecule has 0 radical (unpaired) electrons. The molecule has 4 heterocycles. The third kappa shape index (κ3) is 16.2. The predicted octanol–water partition coefficient (Wildman–Crippen LogP) is 8.95. The molecule has 354 valence electrons. The van der Waals surface area contributed by atoms with Gasteiger partial charge in [0.15, 0.2) is 23.1 Å². The van der Waals surface area contributed by atoms with Crippen molar-refractivity contribution in [3.63, 3.8) is 0 Å². The van der Waals surface area contributed by atoms with Crippen LogP contribution in [0.5, 0.6) is 23.0 Å². The van der Waals surface area contributed by atoms with Crippen molar-refractivity contribution in [1.29, 1.82) is 0 Å². The molecule has 2 aromatic heterocycles. The smallest absolute Gasteiger partial charge is 0.165 e. The van der Waals surface area contributed by atoms with Gasteiger partial charge < -0.3 is 34.8 Å². The minimum absolute atomic E-state index is 0.0218. The molecule has 2 saturated heterocycles. The minimum Gasteiger partial charge on any atom is -0.497 e. The topological polar surface area (TPSA) is 124 Å². The maximum absolute atomic E-state index is 13.7. The number of nitrogens with two attached hydrogens (primary N) is 1. The van der Waals surface area contributed by atoms with E-state index in [1.54, 1.807) is 56.8 Å². The summed E-state index contributed by atoms with van der Waals surface area (Å²) in [6, 6.07) is 40.5. The van der Waals surface area contributed by atoms with Crippen LogP contribution in [0.15, 0.2) is 146 Å². The third-order valence-electron chi connectivity index (χ3n) is 12.0. The fourth-order valence-corrected chi connectivity index (χ4v) is 8.03. The van der Waals surface area contributed by atoms with Gasteiger partial charge in [-0.2, -0.15) is 0 Å². The summed E-state index contributed by atoms with van der Waals surface area (Å²) >= 11 is 0. The first-order valence-electron chi connectivity index (χ1n) is 23.1. The van der Waals surface area contributed by atoms with Gasteiger partial charge in [-0.3, -0.25) is 19.8 Å². The van der Waals surface area contributed by atoms with Gasteiger partial charge in [-0.05, 0) is 148 Å². The number of piperidine rings is 2. The number of benzene rings is 4. The summed E-state index contributed by atoms with van der Waals surface area (Å²) in [5, 5.41) is 3.76. The van der Waals surface area contributed by atoms with Crippen LogP contribution < -0.4 is 30.0 Å². The number of likely N-dealkylation sites (tertiary alicyclic amines) is 2. The van der Waals surface area contributed by atoms with Crippen LogP contribution in [0.3, 0.4) is 0 Å². The minimum atomic E-state index is -0.322. The van der Waals surface area contributed by atoms with Crippen LogP contribution in [-0.2, 0) is 4.79 Å². The molecule has 2 aliphatic rings. The molecule has 2 fully saturated rings. The number of methoxy groups -OCH3 is 2. The van der Waals surface area contributed by atoms with Gasteiger partial charge in [0.25, 0.3) is 0 Å². The van der Waals surface area contributed by atoms with E-state index in [1.165, 1.54) is 12.1 Å². The van der Waals surface area contributed by atoms with Crippen LogP contribution in [-0.4, -0.2) is 99.3 Å². The van der Waals surface area contributed by atoms with Gasteiger partial charge >= 0.3 is 0 Å². The Labute approximate surface area is 394 Å². The average Bonchev–Trinajstić information content (AvgIpc) is 3.39. The SMILES string of the molecule is COc1cccc(C(N)c2ccccn2)c1.COc1cccc(C(NCC2CCN(CCOc3ccccc3F)CC2)c2ccccn2)c1.O=CC1CCN(CCOc2ccccc2F)CC1. The molecule has 3 N–H and O–H groups in total. The number of halogens is 2. The Morgan fingerprint density at radius 1 is 0.642 bits per heavy atom. The lowest BCUT2D eigenvalue weighted by atomic mass is 9.95. The van der Waals surface area contributed by atoms with Crippen LogP contribution in [0.1, 0.15) is 60.3 Å². The Hall–Kier alpha value is -6.25. The predicted molar refractivity (Wildman–Crippen MR) is 259 cm³/mol. The Morgan fingerprint density at radius 3 is 1.64 bits per heavy atom. The summed E-state index contributed by atoms with van der Waals surface area (Å²) in [4.78, 5) is 24.1. The van der Waals surface area contributed by atoms with Crippen LogP contribution >= 0.6 is 0 Å². The van der Waals surface area contributed by atoms with Crippen molar-refractivity contribution in [2.75, 3.05) is 73.2 Å². The number of nitrogens with one attached hydrogen (secondary N) is 1. The van der Waals surface area contributed by atoms with Crippen LogP contribution in [0.4, 0.5) is 8.78 Å². The van der Waals surface area contributed by atoms with Crippen molar-refractivity contribution in [2.24, 2.45) is 17.6 Å². The van der Waals surface area contributed by atoms with Crippen LogP contribution in [0, 0.1) is 23.5 Å². The molecule has 0 spiro atoms. The third-order valence-corrected chi connectivity index (χ3v) is 12.0. The highest BCUT2D eigenvalue weighted by molar-refractivity contribution is 5.53. The van der Waals surface area contributed by atoms with Gasteiger partial charge in [-0.15, -0.1) is 0 Å². The highest BCUT2D eigenvalue weighted by Gasteiger charge is 2.23. The van der Waals surface area contributed by atoms with E-state index in [0.717, 1.165) is 112 Å². The fourth-order valence-electron chi connectivity index (χ4n) is 8.03. The number of hydrogen-bond acceptors (Lipinski definition) is 11. The largest absolute Gasteiger partial charge is 0.497 e. The summed E-state index contributed by atoms with van der Waals surface area (Å²) in [6.45, 7) is 7.40. The summed E-state index contributed by atoms with van der Waals surface area (Å²) in [5.41, 5.74) is 10.1. The highest BCUT2D eigenvalue weighted by atomic mass is 19.1. The van der Waals surface area contributed by atoms with E-state index < -0.39 is 0 Å². The molecule has 8 rings (SSSR count). The molecule has 0 saturated carbocycles. The van der Waals surface area contributed by atoms with Gasteiger partial charge in [0.1, 0.15) is 31.0 Å². The number of nitrogens with zero attached hydrogens (tertiary/aromatic N) is 4. The van der Waals surface area contributed by atoms with Crippen molar-refractivity contribution < 1.29 is 32.5 Å². The number of pyridine rings is 2. The molecule has 0 aliphatic carbocycles. The first-order valence-corrected chi connectivity index (χ1v) is 23.1. The van der Waals surface area contributed by atoms with Gasteiger partial charge in [-0.25, -0.2) is 8.78 Å². The number of aromatic nitrogens is 2. The molecule has 2 unspecified atom stereocenters. The molecule has 13 heteroatoms. The number of hydrogen-bond donors (Lipinski definition) is 2. The standard InChI is InChI=1S/C27H32FN3O2.C14H18FNO2.C13H14N2O/c1-32-23-8-6-7-22(19-23)27(25-10-4-5-14-29-25)30-20-21-12-15-31(16-13-21)17-18-33-26-11-3-2-9-24(26)28;15-13-3-1-2-4-14(13)18-10-9-16-7-5-12(11-17)6-8-16;1-16-11-6-4-5-10(9-11)13(14)12-7-2-3-8-15-12/h2-11,14,19,21,27,30H,12-13,15-18,20H2,1H3;1-4,11-12H,5-10H2;2-9,13H,14H2,1H3. The van der Waals surface area contributed by atoms with E-state index in [9.17, 15) is 13.6 Å². The van der Waals surface area contributed by atoms with E-state index in [1.807, 2.05) is 72.9 Å². The van der Waals surface area contributed by atoms with Crippen molar-refractivity contribution in [1.82, 2.24) is 25.1 Å². The number of aldehydes is 1. The van der Waals surface area contributed by atoms with Crippen molar-refractivity contribution >= 4 is 6.29 Å². The van der Waals surface area contributed by atoms with Crippen LogP contribution in [0.2, 0.25) is 0 Å². The van der Waals surface area contributed by atoms with Gasteiger partial charge in [0.2, 0.25) is 0 Å². The second-order valence-corrected chi connectivity index (χ2v) is 16.5. The van der Waals surface area contributed by atoms with Gasteiger partial charge in [-0.1, -0.05) is 60.7 Å². The summed E-state index contributed by atoms with van der Waals surface area (Å²) < 4.78 is 48.6. The van der Waals surface area contributed by atoms with Crippen LogP contribution in [0.25, 0.3) is 0 Å². The summed E-state index contributed by atoms with van der Waals surface area (Å²) in [6.07, 6.45) is 8.72. The molecule has 2 atom stereocenters. The average molecular weight is 915 g/mol. The fraction of sp³-hybridized carbons (Fsp3) is 0.352. The first-order chi connectivity index (χ1) is 32.8. The molecule has 0 amide bonds. The van der Waals surface area contributed by atoms with Crippen molar-refractivity contribution in [3.05, 3.63) is 180 Å². The zero-order chi connectivity index (χ0) is 47.1. The van der Waals surface area contributed by atoms with E-state index in [2.05, 4.69) is 43.3 Å². The quantitative estimate of drug-likeness (QED) is 0.0804. The van der Waals surface area contributed by atoms with Gasteiger partial charge in [0.05, 0.1) is 37.7 Å². The molecule has 11 nitrogen and oxygen atoms in total. The molecular weight excluding hydrogens is 851 g/mol. The van der Waals surface area contributed by atoms with E-state index >= 15 is 0 Å². The van der Waals surface area contributed by atoms with E-state index in [4.69, 9.17) is 24.7 Å². The number of carbonyl (C=O) groups is 1. The lowest BCUT2D eigenvalue weighted by molar-refractivity contribution is -0.112. The lowest BCUT2D eigenvalue weighted by Crippen LogP contribution is -2.40. The zero-order valence-electron chi connectivity index (χ0n) is 38.6. The van der Waals surface area contributed by atoms with E-state index in [0.29, 0.717) is 30.6 Å². The number of ether oxygens (including phenoxy) is 4. The Morgan fingerprint density at radius 2 is 1.13 bits per heavy atom. The van der Waals surface area contributed by atoms with Crippen molar-refractivity contribution in [2.45, 2.75) is 37.8 Å². The molecule has 6 aromatic rings. The number of para-hydroxylation sites is 2. The Kier molecular flexibility index (Phi) is 20.5. The lowest BCUT2D eigenvalue weighted by Gasteiger charge is -2.33. The van der Waals surface area contributed by atoms with Crippen molar-refractivity contribution in [3.8, 4) is 23.0 Å². The molecule has 4 aromatic carbocycles. The summed E-state index contributed by atoms with van der Waals surface area (Å²) in [5.74, 6) is 2.48. The summed E-state index contributed by atoms with van der Waals surface area (Å²) in [7, 11) is 3.34. The Bertz CT molecular complexity index is 2330. The maximum atomic E-state index is 13.7. The molecule has 2 aliphatic heterocycles.